The summed E-state index contributed by atoms with van der Waals surface area (Å²) < 4.78 is 102. The number of ether oxygens (including phenoxy) is 18. The van der Waals surface area contributed by atoms with E-state index in [1.807, 2.05) is 0 Å². The highest BCUT2D eigenvalue weighted by atomic mass is 16.8. The summed E-state index contributed by atoms with van der Waals surface area (Å²) in [4.78, 5) is 164. The number of esters is 12. The normalized spacial score (nSPS) is 27.9. The molecule has 0 aromatic rings. The van der Waals surface area contributed by atoms with Crippen LogP contribution in [0, 0.1) is 0 Å². The molecule has 81 heavy (non-hydrogen) atoms. The molecule has 0 radical (unpaired) electrons. The minimum atomic E-state index is -2.40. The molecule has 3 fully saturated rings. The molecule has 0 spiro atoms. The highest BCUT2D eigenvalue weighted by Crippen LogP contribution is 2.35. The van der Waals surface area contributed by atoms with Crippen LogP contribution in [-0.2, 0) is 148 Å². The zero-order chi connectivity index (χ0) is 61.1. The molecule has 0 aromatic carbocycles. The van der Waals surface area contributed by atoms with Crippen molar-refractivity contribution in [1.82, 2.24) is 5.32 Å². The molecule has 3 rings (SSSR count). The van der Waals surface area contributed by atoms with Crippen LogP contribution in [0.1, 0.15) is 83.1 Å². The molecule has 1 amide bonds. The van der Waals surface area contributed by atoms with Crippen LogP contribution in [-0.4, -0.2) is 215 Å². The molecule has 0 unspecified atom stereocenters. The molecule has 3 saturated heterocycles. The van der Waals surface area contributed by atoms with Gasteiger partial charge in [-0.2, -0.15) is 0 Å². The van der Waals surface area contributed by atoms with E-state index in [1.54, 1.807) is 0 Å². The van der Waals surface area contributed by atoms with Crippen LogP contribution < -0.4 is 5.32 Å². The van der Waals surface area contributed by atoms with Gasteiger partial charge in [-0.3, -0.25) is 62.3 Å². The summed E-state index contributed by atoms with van der Waals surface area (Å²) in [5.41, 5.74) is -2.40. The standard InChI is InChI=1S/C49H67NO31/c1-14-36(63)50-49(18-67-46-43(76-30(11)60)40(73-27(8)57)37(70-24(5)54)33(79-46)15-64-21(2)51,19-68-47-44(77-31(12)61)41(74-28(9)58)38(71-25(6)55)34(80-47)16-65-22(3)52)20-69-48-45(78-32(13)62)42(75-29(10)59)39(72-26(7)56)35(81-48)17-66-23(4)53/h14,33-35,37-48H,1,15-20H2,2-13H3,(H,50,63)/t33-,34-,35-,37-,38-,39-,40+,41+,42+,43-,44-,45-,46-,47-,48-/m1/s1. The lowest BCUT2D eigenvalue weighted by molar-refractivity contribution is -0.328. The van der Waals surface area contributed by atoms with Crippen molar-refractivity contribution in [3.8, 4) is 0 Å². The third kappa shape index (κ3) is 21.9. The SMILES string of the molecule is C=CC(=O)NC(CO[C@@H]1O[C@H](COC(C)=O)[C@@H](OC(C)=O)[C@H](OC(C)=O)[C@H]1OC(C)=O)(CO[C@@H]1O[C@H](COC(C)=O)[C@@H](OC(C)=O)[C@H](OC(C)=O)[C@H]1OC(C)=O)CO[C@@H]1O[C@H](COC(C)=O)[C@@H](OC(C)=O)[C@H](OC(C)=O)[C@H]1OC(C)=O. The fourth-order valence-electron chi connectivity index (χ4n) is 8.24. The van der Waals surface area contributed by atoms with Gasteiger partial charge in [0.05, 0.1) is 19.8 Å². The van der Waals surface area contributed by atoms with E-state index in [1.165, 1.54) is 0 Å². The second-order valence-electron chi connectivity index (χ2n) is 18.1. The summed E-state index contributed by atoms with van der Waals surface area (Å²) in [6.07, 6.45) is -26.3. The van der Waals surface area contributed by atoms with Gasteiger partial charge in [-0.1, -0.05) is 6.58 Å². The first kappa shape index (κ1) is 67.9. The van der Waals surface area contributed by atoms with E-state index in [0.717, 1.165) is 89.2 Å². The van der Waals surface area contributed by atoms with Crippen LogP contribution in [0.25, 0.3) is 0 Å². The Morgan fingerprint density at radius 2 is 0.556 bits per heavy atom. The van der Waals surface area contributed by atoms with Crippen molar-refractivity contribution in [3.63, 3.8) is 0 Å². The lowest BCUT2D eigenvalue weighted by Gasteiger charge is -2.47. The number of nitrogens with one attached hydrogen (secondary N) is 1. The number of carbonyl (C=O) groups excluding carboxylic acids is 13. The summed E-state index contributed by atoms with van der Waals surface area (Å²) in [6, 6.07) is 0. The Labute approximate surface area is 462 Å². The molecule has 15 atom stereocenters. The van der Waals surface area contributed by atoms with Crippen molar-refractivity contribution in [2.45, 2.75) is 181 Å². The van der Waals surface area contributed by atoms with E-state index in [-0.39, 0.29) is 0 Å². The van der Waals surface area contributed by atoms with Crippen molar-refractivity contribution < 1.29 is 148 Å². The summed E-state index contributed by atoms with van der Waals surface area (Å²) >= 11 is 0. The second kappa shape index (κ2) is 31.6. The topological polar surface area (TPSA) is 400 Å². The predicted octanol–water partition coefficient (Wildman–Crippen LogP) is -1.67. The van der Waals surface area contributed by atoms with Gasteiger partial charge in [-0.25, -0.2) is 0 Å². The van der Waals surface area contributed by atoms with Crippen LogP contribution in [0.5, 0.6) is 0 Å². The maximum atomic E-state index is 13.8. The molecular weight excluding hydrogens is 1100 g/mol. The number of hydrogen-bond donors (Lipinski definition) is 1. The Hall–Kier alpha value is -7.39. The molecule has 32 heteroatoms. The van der Waals surface area contributed by atoms with Gasteiger partial charge >= 0.3 is 71.6 Å². The maximum Gasteiger partial charge on any atom is 0.303 e. The Morgan fingerprint density at radius 1 is 0.346 bits per heavy atom. The van der Waals surface area contributed by atoms with Crippen LogP contribution in [0.15, 0.2) is 12.7 Å². The molecule has 0 bridgehead atoms. The average Bonchev–Trinajstić information content (AvgIpc) is 3.36. The molecule has 3 aliphatic heterocycles. The van der Waals surface area contributed by atoms with Gasteiger partial charge in [0, 0.05) is 83.1 Å². The first-order valence-corrected chi connectivity index (χ1v) is 24.6. The minimum Gasteiger partial charge on any atom is -0.463 e. The number of amides is 1. The molecule has 32 nitrogen and oxygen atoms in total. The van der Waals surface area contributed by atoms with E-state index in [2.05, 4.69) is 11.9 Å². The molecule has 3 heterocycles. The Bertz CT molecular complexity index is 2090. The van der Waals surface area contributed by atoms with Crippen molar-refractivity contribution in [3.05, 3.63) is 12.7 Å². The Balaban J connectivity index is 2.42. The minimum absolute atomic E-state index is 0.728. The van der Waals surface area contributed by atoms with Gasteiger partial charge in [0.15, 0.2) is 73.8 Å². The van der Waals surface area contributed by atoms with Gasteiger partial charge in [0.2, 0.25) is 5.91 Å². The van der Waals surface area contributed by atoms with Gasteiger partial charge in [-0.05, 0) is 6.08 Å². The zero-order valence-corrected chi connectivity index (χ0v) is 46.3. The first-order valence-electron chi connectivity index (χ1n) is 24.6. The largest absolute Gasteiger partial charge is 0.463 e. The van der Waals surface area contributed by atoms with E-state index in [9.17, 15) is 62.3 Å². The number of carbonyl (C=O) groups is 13. The molecule has 454 valence electrons. The van der Waals surface area contributed by atoms with Crippen molar-refractivity contribution in [2.24, 2.45) is 0 Å². The van der Waals surface area contributed by atoms with Crippen LogP contribution in [0.4, 0.5) is 0 Å². The first-order chi connectivity index (χ1) is 37.8. The quantitative estimate of drug-likeness (QED) is 0.0574. The fraction of sp³-hybridized carbons (Fsp3) is 0.694. The highest BCUT2D eigenvalue weighted by molar-refractivity contribution is 5.87. The third-order valence-corrected chi connectivity index (χ3v) is 11.0. The molecule has 0 saturated carbocycles. The van der Waals surface area contributed by atoms with Gasteiger partial charge in [0.1, 0.15) is 43.7 Å². The van der Waals surface area contributed by atoms with Gasteiger partial charge in [0.25, 0.3) is 0 Å². The van der Waals surface area contributed by atoms with Crippen molar-refractivity contribution in [2.75, 3.05) is 39.6 Å². The highest BCUT2D eigenvalue weighted by Gasteiger charge is 2.57. The van der Waals surface area contributed by atoms with Crippen LogP contribution in [0.2, 0.25) is 0 Å². The number of rotatable bonds is 26. The van der Waals surface area contributed by atoms with Crippen LogP contribution >= 0.6 is 0 Å². The van der Waals surface area contributed by atoms with Gasteiger partial charge in [-0.15, -0.1) is 0 Å². The van der Waals surface area contributed by atoms with E-state index in [4.69, 9.17) is 85.3 Å². The maximum absolute atomic E-state index is 13.8. The molecule has 0 aliphatic carbocycles. The lowest BCUT2D eigenvalue weighted by atomic mass is 9.96. The van der Waals surface area contributed by atoms with E-state index < -0.39 is 215 Å². The summed E-state index contributed by atoms with van der Waals surface area (Å²) in [5.74, 6) is -12.8. The Morgan fingerprint density at radius 3 is 0.753 bits per heavy atom. The predicted molar refractivity (Wildman–Crippen MR) is 255 cm³/mol. The molecular formula is C49H67NO31. The lowest BCUT2D eigenvalue weighted by Crippen LogP contribution is -2.67. The third-order valence-electron chi connectivity index (χ3n) is 11.0. The van der Waals surface area contributed by atoms with Crippen molar-refractivity contribution >= 4 is 77.5 Å². The van der Waals surface area contributed by atoms with Gasteiger partial charge < -0.3 is 90.6 Å². The fourth-order valence-corrected chi connectivity index (χ4v) is 8.24. The monoisotopic (exact) mass is 1170 g/mol. The van der Waals surface area contributed by atoms with E-state index >= 15 is 0 Å². The average molecular weight is 1170 g/mol. The summed E-state index contributed by atoms with van der Waals surface area (Å²) in [7, 11) is 0. The Kier molecular flexibility index (Phi) is 26.5. The summed E-state index contributed by atoms with van der Waals surface area (Å²) in [6.45, 7) is 9.80. The smallest absolute Gasteiger partial charge is 0.303 e. The second-order valence-corrected chi connectivity index (χ2v) is 18.1. The van der Waals surface area contributed by atoms with E-state index in [0.29, 0.717) is 0 Å². The van der Waals surface area contributed by atoms with Crippen molar-refractivity contribution in [1.29, 1.82) is 0 Å². The zero-order valence-electron chi connectivity index (χ0n) is 46.3. The number of hydrogen-bond acceptors (Lipinski definition) is 31. The molecule has 3 aliphatic rings. The molecule has 1 N–H and O–H groups in total. The summed E-state index contributed by atoms with van der Waals surface area (Å²) in [5, 5.41) is 2.56. The van der Waals surface area contributed by atoms with Crippen LogP contribution in [0.3, 0.4) is 0 Å². The molecule has 0 aromatic heterocycles.